The summed E-state index contributed by atoms with van der Waals surface area (Å²) in [5.41, 5.74) is 0.822. The number of allylic oxidation sites excluding steroid dienone is 3. The third kappa shape index (κ3) is 1.72. The molecule has 0 N–H and O–H groups in total. The van der Waals surface area contributed by atoms with Crippen LogP contribution in [0, 0.1) is 22.7 Å². The lowest BCUT2D eigenvalue weighted by atomic mass is 9.54. The Morgan fingerprint density at radius 3 is 2.80 bits per heavy atom. The van der Waals surface area contributed by atoms with Crippen LogP contribution in [0.2, 0.25) is 0 Å². The second kappa shape index (κ2) is 4.31. The maximum Gasteiger partial charge on any atom is 0.317 e. The van der Waals surface area contributed by atoms with Crippen molar-refractivity contribution < 1.29 is 14.3 Å². The summed E-state index contributed by atoms with van der Waals surface area (Å²) < 4.78 is 5.09. The first-order chi connectivity index (χ1) is 9.40. The van der Waals surface area contributed by atoms with Crippen LogP contribution >= 0.6 is 0 Å². The van der Waals surface area contributed by atoms with Gasteiger partial charge in [0.25, 0.3) is 0 Å². The van der Waals surface area contributed by atoms with E-state index >= 15 is 0 Å². The van der Waals surface area contributed by atoms with E-state index in [2.05, 4.69) is 19.9 Å². The van der Waals surface area contributed by atoms with Crippen molar-refractivity contribution in [3.63, 3.8) is 0 Å². The highest BCUT2D eigenvalue weighted by Crippen LogP contribution is 2.58. The molecule has 0 radical (unpaired) electrons. The number of esters is 1. The van der Waals surface area contributed by atoms with Gasteiger partial charge in [0, 0.05) is 11.8 Å². The summed E-state index contributed by atoms with van der Waals surface area (Å²) in [6, 6.07) is 0. The molecule has 3 aliphatic carbocycles. The highest BCUT2D eigenvalue weighted by molar-refractivity contribution is 6.02. The standard InChI is InChI=1S/C17H22O3/c1-16(2)8-6-11-4-5-12-14(18)7-9-17(12,13(11)10-16)15(19)20-3/h4,7,9,12-13H,5-6,8,10H2,1-3H3/t12-,13?,17-/m1/s1. The minimum Gasteiger partial charge on any atom is -0.468 e. The van der Waals surface area contributed by atoms with E-state index in [4.69, 9.17) is 4.74 Å². The van der Waals surface area contributed by atoms with Crippen LogP contribution in [0.25, 0.3) is 0 Å². The van der Waals surface area contributed by atoms with Gasteiger partial charge in [-0.15, -0.1) is 0 Å². The SMILES string of the molecule is COC(=O)[C@]12C=CC(=O)[C@H]1CC=C1CCC(C)(C)CC12. The van der Waals surface area contributed by atoms with Crippen molar-refractivity contribution in [3.8, 4) is 0 Å². The van der Waals surface area contributed by atoms with Crippen LogP contribution in [0.15, 0.2) is 23.8 Å². The lowest BCUT2D eigenvalue weighted by Crippen LogP contribution is -2.49. The van der Waals surface area contributed by atoms with Gasteiger partial charge in [-0.1, -0.05) is 31.6 Å². The molecule has 0 aliphatic heterocycles. The highest BCUT2D eigenvalue weighted by Gasteiger charge is 2.59. The quantitative estimate of drug-likeness (QED) is 0.545. The minimum atomic E-state index is -0.742. The van der Waals surface area contributed by atoms with E-state index in [1.807, 2.05) is 6.08 Å². The Labute approximate surface area is 120 Å². The number of hydrogen-bond donors (Lipinski definition) is 0. The number of carbonyl (C=O) groups excluding carboxylic acids is 2. The lowest BCUT2D eigenvalue weighted by Gasteiger charge is -2.48. The Morgan fingerprint density at radius 2 is 2.10 bits per heavy atom. The van der Waals surface area contributed by atoms with Gasteiger partial charge in [0.05, 0.1) is 7.11 Å². The molecule has 1 unspecified atom stereocenters. The molecule has 0 aromatic rings. The number of carbonyl (C=O) groups is 2. The predicted molar refractivity (Wildman–Crippen MR) is 75.9 cm³/mol. The van der Waals surface area contributed by atoms with Crippen molar-refractivity contribution in [3.05, 3.63) is 23.8 Å². The number of fused-ring (bicyclic) bond motifs is 3. The molecule has 20 heavy (non-hydrogen) atoms. The average Bonchev–Trinajstić information content (AvgIpc) is 2.76. The highest BCUT2D eigenvalue weighted by atomic mass is 16.5. The molecular weight excluding hydrogens is 252 g/mol. The normalized spacial score (nSPS) is 38.0. The molecule has 1 saturated carbocycles. The van der Waals surface area contributed by atoms with E-state index in [0.29, 0.717) is 6.42 Å². The summed E-state index contributed by atoms with van der Waals surface area (Å²) in [7, 11) is 1.43. The fraction of sp³-hybridized carbons (Fsp3) is 0.647. The second-order valence-electron chi connectivity index (χ2n) is 7.15. The molecule has 3 aliphatic rings. The number of rotatable bonds is 1. The monoisotopic (exact) mass is 274 g/mol. The third-order valence-corrected chi connectivity index (χ3v) is 5.47. The Kier molecular flexibility index (Phi) is 2.93. The van der Waals surface area contributed by atoms with Crippen LogP contribution in [-0.4, -0.2) is 18.9 Å². The number of ketones is 1. The van der Waals surface area contributed by atoms with Gasteiger partial charge in [-0.2, -0.15) is 0 Å². The summed E-state index contributed by atoms with van der Waals surface area (Å²) in [4.78, 5) is 24.7. The van der Waals surface area contributed by atoms with Crippen molar-refractivity contribution in [2.24, 2.45) is 22.7 Å². The molecule has 0 aromatic heterocycles. The maximum absolute atomic E-state index is 12.5. The van der Waals surface area contributed by atoms with Crippen LogP contribution in [0.1, 0.15) is 39.5 Å². The molecule has 108 valence electrons. The molecule has 3 heteroatoms. The predicted octanol–water partition coefficient (Wildman–Crippen LogP) is 3.06. The van der Waals surface area contributed by atoms with Crippen LogP contribution in [0.3, 0.4) is 0 Å². The van der Waals surface area contributed by atoms with E-state index in [1.165, 1.54) is 12.7 Å². The fourth-order valence-electron chi connectivity index (χ4n) is 4.32. The van der Waals surface area contributed by atoms with Crippen LogP contribution in [0.5, 0.6) is 0 Å². The summed E-state index contributed by atoms with van der Waals surface area (Å²) >= 11 is 0. The third-order valence-electron chi connectivity index (χ3n) is 5.47. The molecule has 0 aromatic carbocycles. The van der Waals surface area contributed by atoms with Gasteiger partial charge in [-0.25, -0.2) is 0 Å². The number of hydrogen-bond acceptors (Lipinski definition) is 3. The van der Waals surface area contributed by atoms with Crippen molar-refractivity contribution in [1.29, 1.82) is 0 Å². The minimum absolute atomic E-state index is 0.0779. The van der Waals surface area contributed by atoms with E-state index < -0.39 is 5.41 Å². The number of methoxy groups -OCH3 is 1. The van der Waals surface area contributed by atoms with Gasteiger partial charge in [0.2, 0.25) is 0 Å². The van der Waals surface area contributed by atoms with Crippen molar-refractivity contribution >= 4 is 11.8 Å². The lowest BCUT2D eigenvalue weighted by molar-refractivity contribution is -0.158. The zero-order valence-corrected chi connectivity index (χ0v) is 12.4. The molecule has 0 heterocycles. The van der Waals surface area contributed by atoms with Gasteiger partial charge >= 0.3 is 5.97 Å². The molecule has 0 bridgehead atoms. The van der Waals surface area contributed by atoms with Gasteiger partial charge in [-0.05, 0) is 37.2 Å². The summed E-state index contributed by atoms with van der Waals surface area (Å²) in [5.74, 6) is -0.287. The Bertz CT molecular complexity index is 526. The second-order valence-corrected chi connectivity index (χ2v) is 7.15. The van der Waals surface area contributed by atoms with Gasteiger partial charge < -0.3 is 4.74 Å². The summed E-state index contributed by atoms with van der Waals surface area (Å²) in [6.45, 7) is 4.50. The topological polar surface area (TPSA) is 43.4 Å². The Morgan fingerprint density at radius 1 is 1.35 bits per heavy atom. The zero-order valence-electron chi connectivity index (χ0n) is 12.4. The van der Waals surface area contributed by atoms with E-state index in [-0.39, 0.29) is 29.0 Å². The molecular formula is C17H22O3. The van der Waals surface area contributed by atoms with Gasteiger partial charge in [0.1, 0.15) is 5.41 Å². The smallest absolute Gasteiger partial charge is 0.317 e. The molecule has 0 amide bonds. The van der Waals surface area contributed by atoms with E-state index in [0.717, 1.165) is 19.3 Å². The largest absolute Gasteiger partial charge is 0.468 e. The van der Waals surface area contributed by atoms with Gasteiger partial charge in [-0.3, -0.25) is 9.59 Å². The molecule has 1 fully saturated rings. The van der Waals surface area contributed by atoms with Gasteiger partial charge in [0.15, 0.2) is 5.78 Å². The zero-order chi connectivity index (χ0) is 14.5. The van der Waals surface area contributed by atoms with Crippen LogP contribution < -0.4 is 0 Å². The molecule has 0 saturated heterocycles. The average molecular weight is 274 g/mol. The maximum atomic E-state index is 12.5. The van der Waals surface area contributed by atoms with Crippen molar-refractivity contribution in [2.75, 3.05) is 7.11 Å². The molecule has 0 spiro atoms. The summed E-state index contributed by atoms with van der Waals surface area (Å²) in [6.07, 6.45) is 9.44. The Hall–Kier alpha value is -1.38. The number of ether oxygens (including phenoxy) is 1. The van der Waals surface area contributed by atoms with Crippen molar-refractivity contribution in [2.45, 2.75) is 39.5 Å². The molecule has 3 rings (SSSR count). The van der Waals surface area contributed by atoms with Crippen LogP contribution in [-0.2, 0) is 14.3 Å². The first kappa shape index (κ1) is 13.6. The van der Waals surface area contributed by atoms with E-state index in [1.54, 1.807) is 6.08 Å². The summed E-state index contributed by atoms with van der Waals surface area (Å²) in [5, 5.41) is 0. The first-order valence-electron chi connectivity index (χ1n) is 7.41. The van der Waals surface area contributed by atoms with E-state index in [9.17, 15) is 9.59 Å². The molecule has 3 atom stereocenters. The van der Waals surface area contributed by atoms with Crippen LogP contribution in [0.4, 0.5) is 0 Å². The van der Waals surface area contributed by atoms with Crippen molar-refractivity contribution in [1.82, 2.24) is 0 Å². The Balaban J connectivity index is 2.09. The molecule has 3 nitrogen and oxygen atoms in total. The fourth-order valence-corrected chi connectivity index (χ4v) is 4.32. The first-order valence-corrected chi connectivity index (χ1v) is 7.41.